The van der Waals surface area contributed by atoms with Gasteiger partial charge in [-0.05, 0) is 40.5 Å². The van der Waals surface area contributed by atoms with Crippen molar-refractivity contribution in [1.82, 2.24) is 10.3 Å². The van der Waals surface area contributed by atoms with E-state index in [0.29, 0.717) is 11.8 Å². The van der Waals surface area contributed by atoms with E-state index < -0.39 is 11.7 Å². The van der Waals surface area contributed by atoms with Gasteiger partial charge < -0.3 is 14.5 Å². The molecule has 1 N–H and O–H groups in total. The van der Waals surface area contributed by atoms with Gasteiger partial charge in [0.25, 0.3) is 0 Å². The van der Waals surface area contributed by atoms with Crippen molar-refractivity contribution in [3.8, 4) is 0 Å². The quantitative estimate of drug-likeness (QED) is 0.897. The number of ether oxygens (including phenoxy) is 1. The number of nitrogens with zero attached hydrogens (tertiary/aromatic N) is 1. The Kier molecular flexibility index (Phi) is 3.32. The average molecular weight is 252 g/mol. The summed E-state index contributed by atoms with van der Waals surface area (Å²) in [4.78, 5) is 16.0. The number of amides is 1. The van der Waals surface area contributed by atoms with Gasteiger partial charge >= 0.3 is 6.09 Å². The third-order valence-corrected chi connectivity index (χ3v) is 2.64. The molecule has 1 heterocycles. The highest BCUT2D eigenvalue weighted by Crippen LogP contribution is 2.39. The Morgan fingerprint density at radius 2 is 2.22 bits per heavy atom. The van der Waals surface area contributed by atoms with Gasteiger partial charge in [-0.1, -0.05) is 0 Å². The summed E-state index contributed by atoms with van der Waals surface area (Å²) < 4.78 is 10.6. The third kappa shape index (κ3) is 3.48. The lowest BCUT2D eigenvalue weighted by Crippen LogP contribution is -2.34. The maximum Gasteiger partial charge on any atom is 0.408 e. The van der Waals surface area contributed by atoms with Crippen molar-refractivity contribution in [3.05, 3.63) is 17.8 Å². The Morgan fingerprint density at radius 1 is 1.56 bits per heavy atom. The van der Waals surface area contributed by atoms with Crippen LogP contribution in [0, 0.1) is 0 Å². The van der Waals surface area contributed by atoms with E-state index in [-0.39, 0.29) is 6.04 Å². The van der Waals surface area contributed by atoms with Crippen molar-refractivity contribution >= 4 is 6.09 Å². The van der Waals surface area contributed by atoms with E-state index in [1.54, 1.807) is 6.26 Å². The van der Waals surface area contributed by atoms with Crippen LogP contribution in [-0.2, 0) is 4.74 Å². The fraction of sp³-hybridized carbons (Fsp3) is 0.692. The zero-order valence-corrected chi connectivity index (χ0v) is 11.3. The molecule has 5 nitrogen and oxygen atoms in total. The second kappa shape index (κ2) is 4.63. The van der Waals surface area contributed by atoms with Crippen LogP contribution in [0.4, 0.5) is 4.79 Å². The van der Waals surface area contributed by atoms with Gasteiger partial charge in [0.05, 0.1) is 5.69 Å². The first-order chi connectivity index (χ1) is 8.35. The van der Waals surface area contributed by atoms with E-state index in [0.717, 1.165) is 5.69 Å². The van der Waals surface area contributed by atoms with Gasteiger partial charge in [0.2, 0.25) is 5.89 Å². The molecule has 18 heavy (non-hydrogen) atoms. The van der Waals surface area contributed by atoms with Crippen LogP contribution in [-0.4, -0.2) is 16.7 Å². The molecule has 1 atom stereocenters. The molecule has 0 aliphatic heterocycles. The number of hydrogen-bond donors (Lipinski definition) is 1. The molecule has 1 aromatic heterocycles. The fourth-order valence-electron chi connectivity index (χ4n) is 1.61. The first kappa shape index (κ1) is 12.9. The minimum Gasteiger partial charge on any atom is -0.446 e. The molecule has 5 heteroatoms. The summed E-state index contributed by atoms with van der Waals surface area (Å²) in [5.74, 6) is 1.08. The Morgan fingerprint density at radius 3 is 2.78 bits per heavy atom. The zero-order chi connectivity index (χ0) is 13.3. The molecule has 100 valence electrons. The molecule has 0 spiro atoms. The molecule has 1 aliphatic rings. The van der Waals surface area contributed by atoms with Crippen molar-refractivity contribution in [2.24, 2.45) is 0 Å². The topological polar surface area (TPSA) is 64.4 Å². The number of nitrogens with one attached hydrogen (secondary N) is 1. The zero-order valence-electron chi connectivity index (χ0n) is 11.3. The maximum atomic E-state index is 11.6. The van der Waals surface area contributed by atoms with Gasteiger partial charge in [-0.3, -0.25) is 0 Å². The predicted octanol–water partition coefficient (Wildman–Crippen LogP) is 3.14. The number of rotatable bonds is 3. The molecule has 1 saturated carbocycles. The molecule has 1 amide bonds. The Labute approximate surface area is 107 Å². The minimum absolute atomic E-state index is 0.285. The summed E-state index contributed by atoms with van der Waals surface area (Å²) in [7, 11) is 0. The first-order valence-electron chi connectivity index (χ1n) is 6.30. The monoisotopic (exact) mass is 252 g/mol. The van der Waals surface area contributed by atoms with Crippen LogP contribution in [0.5, 0.6) is 0 Å². The highest BCUT2D eigenvalue weighted by atomic mass is 16.6. The lowest BCUT2D eigenvalue weighted by Gasteiger charge is -2.20. The SMILES string of the molecule is C[C@@H](NC(=O)OC(C)(C)C)c1nc(C2CC2)co1. The maximum absolute atomic E-state index is 11.6. The van der Waals surface area contributed by atoms with Crippen LogP contribution < -0.4 is 5.32 Å². The fourth-order valence-corrected chi connectivity index (χ4v) is 1.61. The first-order valence-corrected chi connectivity index (χ1v) is 6.30. The summed E-state index contributed by atoms with van der Waals surface area (Å²) in [5, 5.41) is 2.71. The number of alkyl carbamates (subject to hydrolysis) is 1. The molecular formula is C13H20N2O3. The molecule has 0 bridgehead atoms. The van der Waals surface area contributed by atoms with E-state index in [4.69, 9.17) is 9.15 Å². The van der Waals surface area contributed by atoms with E-state index in [1.165, 1.54) is 12.8 Å². The molecule has 1 fully saturated rings. The Balaban J connectivity index is 1.90. The highest BCUT2D eigenvalue weighted by Gasteiger charge is 2.28. The number of oxazole rings is 1. The van der Waals surface area contributed by atoms with Gasteiger partial charge in [-0.15, -0.1) is 0 Å². The van der Waals surface area contributed by atoms with Gasteiger partial charge in [-0.25, -0.2) is 9.78 Å². The number of aromatic nitrogens is 1. The van der Waals surface area contributed by atoms with Crippen molar-refractivity contribution in [2.75, 3.05) is 0 Å². The van der Waals surface area contributed by atoms with Crippen molar-refractivity contribution in [3.63, 3.8) is 0 Å². The van der Waals surface area contributed by atoms with E-state index in [2.05, 4.69) is 10.3 Å². The standard InChI is InChI=1S/C13H20N2O3/c1-8(14-12(16)18-13(2,3)4)11-15-10(7-17-11)9-5-6-9/h7-9H,5-6H2,1-4H3,(H,14,16)/t8-/m1/s1. The Hall–Kier alpha value is -1.52. The van der Waals surface area contributed by atoms with Gasteiger partial charge in [-0.2, -0.15) is 0 Å². The molecule has 0 unspecified atom stereocenters. The van der Waals surface area contributed by atoms with Crippen LogP contribution in [0.25, 0.3) is 0 Å². The summed E-state index contributed by atoms with van der Waals surface area (Å²) in [6.45, 7) is 7.31. The lowest BCUT2D eigenvalue weighted by molar-refractivity contribution is 0.0501. The van der Waals surface area contributed by atoms with Crippen LogP contribution >= 0.6 is 0 Å². The van der Waals surface area contributed by atoms with Gasteiger partial charge in [0.1, 0.15) is 17.9 Å². The normalized spacial score (nSPS) is 17.3. The molecule has 2 rings (SSSR count). The van der Waals surface area contributed by atoms with Crippen molar-refractivity contribution in [1.29, 1.82) is 0 Å². The molecule has 0 saturated heterocycles. The van der Waals surface area contributed by atoms with Crippen LogP contribution in [0.15, 0.2) is 10.7 Å². The summed E-state index contributed by atoms with van der Waals surface area (Å²) in [5.41, 5.74) is 0.488. The number of carbonyl (C=O) groups is 1. The van der Waals surface area contributed by atoms with Crippen molar-refractivity contribution in [2.45, 2.75) is 58.1 Å². The van der Waals surface area contributed by atoms with Gasteiger partial charge in [0, 0.05) is 5.92 Å². The minimum atomic E-state index is -0.500. The second-order valence-electron chi connectivity index (χ2n) is 5.75. The largest absolute Gasteiger partial charge is 0.446 e. The van der Waals surface area contributed by atoms with Gasteiger partial charge in [0.15, 0.2) is 0 Å². The van der Waals surface area contributed by atoms with Crippen LogP contribution in [0.2, 0.25) is 0 Å². The molecule has 0 radical (unpaired) electrons. The number of hydrogen-bond acceptors (Lipinski definition) is 4. The molecule has 1 aliphatic carbocycles. The smallest absolute Gasteiger partial charge is 0.408 e. The van der Waals surface area contributed by atoms with E-state index >= 15 is 0 Å². The predicted molar refractivity (Wildman–Crippen MR) is 66.3 cm³/mol. The summed E-state index contributed by atoms with van der Waals surface area (Å²) >= 11 is 0. The molecule has 0 aromatic carbocycles. The Bertz CT molecular complexity index is 430. The summed E-state index contributed by atoms with van der Waals surface area (Å²) in [6, 6.07) is -0.285. The van der Waals surface area contributed by atoms with Crippen LogP contribution in [0.3, 0.4) is 0 Å². The lowest BCUT2D eigenvalue weighted by atomic mass is 10.2. The molecule has 1 aromatic rings. The van der Waals surface area contributed by atoms with Crippen molar-refractivity contribution < 1.29 is 13.9 Å². The third-order valence-electron chi connectivity index (χ3n) is 2.64. The second-order valence-corrected chi connectivity index (χ2v) is 5.75. The summed E-state index contributed by atoms with van der Waals surface area (Å²) in [6.07, 6.45) is 3.58. The van der Waals surface area contributed by atoms with E-state index in [1.807, 2.05) is 27.7 Å². The number of carbonyl (C=O) groups excluding carboxylic acids is 1. The van der Waals surface area contributed by atoms with E-state index in [9.17, 15) is 4.79 Å². The molecular weight excluding hydrogens is 232 g/mol. The van der Waals surface area contributed by atoms with Crippen LogP contribution in [0.1, 0.15) is 64.1 Å². The average Bonchev–Trinajstić information content (AvgIpc) is 2.93. The highest BCUT2D eigenvalue weighted by molar-refractivity contribution is 5.68.